The third-order valence-electron chi connectivity index (χ3n) is 1.90. The van der Waals surface area contributed by atoms with Crippen molar-refractivity contribution in [2.45, 2.75) is 11.9 Å². The minimum atomic E-state index is -1.10. The summed E-state index contributed by atoms with van der Waals surface area (Å²) in [6.45, 7) is 1.38. The minimum absolute atomic E-state index is 0.0262. The summed E-state index contributed by atoms with van der Waals surface area (Å²) in [5, 5.41) is 20.0. The van der Waals surface area contributed by atoms with Gasteiger partial charge in [-0.25, -0.2) is 4.98 Å². The van der Waals surface area contributed by atoms with Crippen molar-refractivity contribution in [3.8, 4) is 6.07 Å². The van der Waals surface area contributed by atoms with E-state index in [0.29, 0.717) is 10.6 Å². The zero-order valence-electron chi connectivity index (χ0n) is 9.64. The molecule has 94 valence electrons. The van der Waals surface area contributed by atoms with Crippen molar-refractivity contribution >= 4 is 23.6 Å². The molecule has 0 unspecified atom stereocenters. The maximum atomic E-state index is 11.3. The molecular formula is C11H11N3O3S. The van der Waals surface area contributed by atoms with Crippen LogP contribution in [0.1, 0.15) is 11.3 Å². The first-order chi connectivity index (χ1) is 8.52. The summed E-state index contributed by atoms with van der Waals surface area (Å²) in [5.74, 6) is -1.48. The third kappa shape index (κ3) is 4.43. The van der Waals surface area contributed by atoms with E-state index in [1.807, 2.05) is 6.07 Å². The average Bonchev–Trinajstić information content (AvgIpc) is 2.34. The zero-order chi connectivity index (χ0) is 13.5. The van der Waals surface area contributed by atoms with E-state index in [0.717, 1.165) is 17.5 Å². The van der Waals surface area contributed by atoms with Crippen LogP contribution in [-0.2, 0) is 9.59 Å². The number of thioether (sulfide) groups is 1. The molecule has 1 heterocycles. The average molecular weight is 265 g/mol. The summed E-state index contributed by atoms with van der Waals surface area (Å²) < 4.78 is 0. The van der Waals surface area contributed by atoms with Crippen LogP contribution in [0.5, 0.6) is 0 Å². The van der Waals surface area contributed by atoms with Crippen molar-refractivity contribution in [3.63, 3.8) is 0 Å². The molecule has 1 aromatic heterocycles. The molecule has 1 amide bonds. The highest BCUT2D eigenvalue weighted by Gasteiger charge is 2.09. The van der Waals surface area contributed by atoms with Gasteiger partial charge in [-0.2, -0.15) is 5.26 Å². The van der Waals surface area contributed by atoms with Gasteiger partial charge in [0.25, 0.3) is 0 Å². The highest BCUT2D eigenvalue weighted by Crippen LogP contribution is 2.19. The number of carbonyl (C=O) groups is 2. The lowest BCUT2D eigenvalue weighted by molar-refractivity contribution is -0.137. The van der Waals surface area contributed by atoms with E-state index < -0.39 is 18.4 Å². The molecule has 0 aliphatic rings. The van der Waals surface area contributed by atoms with Crippen LogP contribution in [0, 0.1) is 18.3 Å². The molecule has 2 N–H and O–H groups in total. The summed E-state index contributed by atoms with van der Waals surface area (Å²) >= 11 is 1.11. The van der Waals surface area contributed by atoms with E-state index in [1.165, 1.54) is 0 Å². The Morgan fingerprint density at radius 2 is 2.28 bits per heavy atom. The SMILES string of the molecule is Cc1ccc(C#N)c(SCC(=O)NCC(=O)O)n1. The molecule has 0 aromatic carbocycles. The van der Waals surface area contributed by atoms with Crippen molar-refractivity contribution in [1.82, 2.24) is 10.3 Å². The molecule has 0 bridgehead atoms. The van der Waals surface area contributed by atoms with Gasteiger partial charge in [-0.3, -0.25) is 9.59 Å². The maximum Gasteiger partial charge on any atom is 0.322 e. The summed E-state index contributed by atoms with van der Waals surface area (Å²) in [7, 11) is 0. The van der Waals surface area contributed by atoms with Crippen molar-refractivity contribution < 1.29 is 14.7 Å². The second kappa shape index (κ2) is 6.61. The van der Waals surface area contributed by atoms with E-state index in [1.54, 1.807) is 19.1 Å². The fourth-order valence-corrected chi connectivity index (χ4v) is 1.93. The van der Waals surface area contributed by atoms with E-state index in [2.05, 4.69) is 10.3 Å². The fourth-order valence-electron chi connectivity index (χ4n) is 1.09. The first kappa shape index (κ1) is 14.0. The van der Waals surface area contributed by atoms with Gasteiger partial charge < -0.3 is 10.4 Å². The second-order valence-electron chi connectivity index (χ2n) is 3.38. The number of nitrogens with one attached hydrogen (secondary N) is 1. The Balaban J connectivity index is 2.58. The van der Waals surface area contributed by atoms with Crippen LogP contribution in [-0.4, -0.2) is 34.3 Å². The molecule has 7 heteroatoms. The first-order valence-electron chi connectivity index (χ1n) is 5.02. The number of carboxylic acid groups (broad SMARTS) is 1. The van der Waals surface area contributed by atoms with Gasteiger partial charge in [-0.15, -0.1) is 0 Å². The Kier molecular flexibility index (Phi) is 5.14. The molecule has 18 heavy (non-hydrogen) atoms. The number of hydrogen-bond acceptors (Lipinski definition) is 5. The number of aliphatic carboxylic acids is 1. The monoisotopic (exact) mass is 265 g/mol. The lowest BCUT2D eigenvalue weighted by Gasteiger charge is -2.04. The lowest BCUT2D eigenvalue weighted by Crippen LogP contribution is -2.30. The van der Waals surface area contributed by atoms with Crippen LogP contribution in [0.15, 0.2) is 17.2 Å². The van der Waals surface area contributed by atoms with Crippen molar-refractivity contribution in [2.75, 3.05) is 12.3 Å². The van der Waals surface area contributed by atoms with E-state index >= 15 is 0 Å². The fraction of sp³-hybridized carbons (Fsp3) is 0.273. The molecule has 1 aromatic rings. The minimum Gasteiger partial charge on any atom is -0.480 e. The zero-order valence-corrected chi connectivity index (χ0v) is 10.5. The van der Waals surface area contributed by atoms with E-state index in [-0.39, 0.29) is 5.75 Å². The number of carboxylic acids is 1. The Morgan fingerprint density at radius 1 is 1.56 bits per heavy atom. The van der Waals surface area contributed by atoms with Gasteiger partial charge in [0.1, 0.15) is 17.6 Å². The molecule has 0 saturated heterocycles. The van der Waals surface area contributed by atoms with E-state index in [9.17, 15) is 9.59 Å². The number of aryl methyl sites for hydroxylation is 1. The normalized spacial score (nSPS) is 9.56. The number of aromatic nitrogens is 1. The number of rotatable bonds is 5. The highest BCUT2D eigenvalue weighted by atomic mass is 32.2. The highest BCUT2D eigenvalue weighted by molar-refractivity contribution is 8.00. The Hall–Kier alpha value is -2.07. The predicted molar refractivity (Wildman–Crippen MR) is 65.1 cm³/mol. The molecule has 0 aliphatic carbocycles. The van der Waals surface area contributed by atoms with Crippen LogP contribution in [0.3, 0.4) is 0 Å². The number of amides is 1. The molecule has 0 spiro atoms. The van der Waals surface area contributed by atoms with Crippen LogP contribution in [0.4, 0.5) is 0 Å². The number of nitrogens with zero attached hydrogens (tertiary/aromatic N) is 2. The van der Waals surface area contributed by atoms with Gasteiger partial charge in [0, 0.05) is 5.69 Å². The molecule has 0 atom stereocenters. The third-order valence-corrected chi connectivity index (χ3v) is 2.89. The first-order valence-corrected chi connectivity index (χ1v) is 6.00. The summed E-state index contributed by atoms with van der Waals surface area (Å²) in [5.41, 5.74) is 1.15. The Bertz CT molecular complexity index is 511. The summed E-state index contributed by atoms with van der Waals surface area (Å²) in [6, 6.07) is 5.34. The molecule has 6 nitrogen and oxygen atoms in total. The number of carbonyl (C=O) groups excluding carboxylic acids is 1. The summed E-state index contributed by atoms with van der Waals surface area (Å²) in [4.78, 5) is 25.7. The van der Waals surface area contributed by atoms with Crippen molar-refractivity contribution in [1.29, 1.82) is 5.26 Å². The molecular weight excluding hydrogens is 254 g/mol. The molecule has 0 fully saturated rings. The number of nitriles is 1. The largest absolute Gasteiger partial charge is 0.480 e. The smallest absolute Gasteiger partial charge is 0.322 e. The van der Waals surface area contributed by atoms with Gasteiger partial charge in [0.15, 0.2) is 0 Å². The maximum absolute atomic E-state index is 11.3. The Morgan fingerprint density at radius 3 is 2.89 bits per heavy atom. The topological polar surface area (TPSA) is 103 Å². The van der Waals surface area contributed by atoms with Gasteiger partial charge in [0.2, 0.25) is 5.91 Å². The van der Waals surface area contributed by atoms with Crippen LogP contribution in [0.25, 0.3) is 0 Å². The van der Waals surface area contributed by atoms with Gasteiger partial charge in [0.05, 0.1) is 11.3 Å². The van der Waals surface area contributed by atoms with Gasteiger partial charge >= 0.3 is 5.97 Å². The van der Waals surface area contributed by atoms with Crippen LogP contribution >= 0.6 is 11.8 Å². The molecule has 0 saturated carbocycles. The quantitative estimate of drug-likeness (QED) is 0.754. The van der Waals surface area contributed by atoms with Crippen molar-refractivity contribution in [3.05, 3.63) is 23.4 Å². The summed E-state index contributed by atoms with van der Waals surface area (Å²) in [6.07, 6.45) is 0. The van der Waals surface area contributed by atoms with Crippen LogP contribution in [0.2, 0.25) is 0 Å². The predicted octanol–water partition coefficient (Wildman–Crippen LogP) is 0.555. The van der Waals surface area contributed by atoms with Crippen molar-refractivity contribution in [2.24, 2.45) is 0 Å². The standard InChI is InChI=1S/C11H11N3O3S/c1-7-2-3-8(4-12)11(14-7)18-6-9(15)13-5-10(16)17/h2-3H,5-6H2,1H3,(H,13,15)(H,16,17). The molecule has 1 rings (SSSR count). The molecule has 0 aliphatic heterocycles. The Labute approximate surface area is 108 Å². The second-order valence-corrected chi connectivity index (χ2v) is 4.34. The van der Waals surface area contributed by atoms with Gasteiger partial charge in [-0.1, -0.05) is 11.8 Å². The lowest BCUT2D eigenvalue weighted by atomic mass is 10.3. The number of pyridine rings is 1. The van der Waals surface area contributed by atoms with E-state index in [4.69, 9.17) is 10.4 Å². The number of hydrogen-bond donors (Lipinski definition) is 2. The van der Waals surface area contributed by atoms with Crippen LogP contribution < -0.4 is 5.32 Å². The molecule has 0 radical (unpaired) electrons. The van der Waals surface area contributed by atoms with Gasteiger partial charge in [-0.05, 0) is 19.1 Å².